The molecule has 2 rings (SSSR count). The highest BCUT2D eigenvalue weighted by Gasteiger charge is 2.17. The highest BCUT2D eigenvalue weighted by atomic mass is 32.1. The van der Waals surface area contributed by atoms with Crippen molar-refractivity contribution in [2.24, 2.45) is 0 Å². The predicted octanol–water partition coefficient (Wildman–Crippen LogP) is 3.42. The number of likely N-dealkylation sites (N-methyl/N-ethyl adjacent to an activating group) is 1. The van der Waals surface area contributed by atoms with Gasteiger partial charge in [-0.2, -0.15) is 5.26 Å². The second kappa shape index (κ2) is 7.19. The van der Waals surface area contributed by atoms with Gasteiger partial charge in [0.25, 0.3) is 0 Å². The van der Waals surface area contributed by atoms with Gasteiger partial charge in [0.2, 0.25) is 5.91 Å². The number of hydrogen-bond donors (Lipinski definition) is 0. The second-order valence-corrected chi connectivity index (χ2v) is 6.26. The number of aryl methyl sites for hydroxylation is 1. The van der Waals surface area contributed by atoms with Gasteiger partial charge in [-0.05, 0) is 13.8 Å². The molecule has 0 saturated carbocycles. The average molecular weight is 313 g/mol. The standard InChI is InChI=1S/C17H19N3OS/c1-12-4-6-14(7-5-12)17-19-15(11-22-17)10-16(21)20(3)13(2)8-9-18/h4-7,11,13H,8,10H2,1-3H3. The van der Waals surface area contributed by atoms with Gasteiger partial charge in [0, 0.05) is 24.0 Å². The smallest absolute Gasteiger partial charge is 0.228 e. The predicted molar refractivity (Wildman–Crippen MR) is 88.5 cm³/mol. The molecule has 5 heteroatoms. The van der Waals surface area contributed by atoms with Gasteiger partial charge in [0.1, 0.15) is 5.01 Å². The maximum Gasteiger partial charge on any atom is 0.228 e. The second-order valence-electron chi connectivity index (χ2n) is 5.40. The first kappa shape index (κ1) is 16.2. The lowest BCUT2D eigenvalue weighted by Gasteiger charge is -2.22. The quantitative estimate of drug-likeness (QED) is 0.850. The molecule has 1 atom stereocenters. The third-order valence-electron chi connectivity index (χ3n) is 3.62. The molecule has 0 saturated heterocycles. The summed E-state index contributed by atoms with van der Waals surface area (Å²) in [5.74, 6) is -0.0106. The first-order valence-corrected chi connectivity index (χ1v) is 8.03. The van der Waals surface area contributed by atoms with Gasteiger partial charge in [-0.1, -0.05) is 29.8 Å². The summed E-state index contributed by atoms with van der Waals surface area (Å²) in [6, 6.07) is 10.2. The van der Waals surface area contributed by atoms with Crippen LogP contribution in [0.4, 0.5) is 0 Å². The molecule has 0 aliphatic carbocycles. The summed E-state index contributed by atoms with van der Waals surface area (Å²) in [6.45, 7) is 3.92. The Kier molecular flexibility index (Phi) is 5.29. The summed E-state index contributed by atoms with van der Waals surface area (Å²) in [4.78, 5) is 18.4. The molecule has 1 heterocycles. The highest BCUT2D eigenvalue weighted by Crippen LogP contribution is 2.24. The van der Waals surface area contributed by atoms with E-state index in [1.165, 1.54) is 5.56 Å². The highest BCUT2D eigenvalue weighted by molar-refractivity contribution is 7.13. The van der Waals surface area contributed by atoms with Crippen LogP contribution in [0.5, 0.6) is 0 Å². The molecule has 1 unspecified atom stereocenters. The fourth-order valence-electron chi connectivity index (χ4n) is 2.01. The zero-order chi connectivity index (χ0) is 16.1. The summed E-state index contributed by atoms with van der Waals surface area (Å²) in [5.41, 5.74) is 3.06. The Hall–Kier alpha value is -2.19. The summed E-state index contributed by atoms with van der Waals surface area (Å²) in [6.07, 6.45) is 0.614. The van der Waals surface area contributed by atoms with Gasteiger partial charge in [0.05, 0.1) is 24.6 Å². The van der Waals surface area contributed by atoms with Crippen molar-refractivity contribution < 1.29 is 4.79 Å². The molecule has 0 fully saturated rings. The lowest BCUT2D eigenvalue weighted by molar-refractivity contribution is -0.130. The number of nitrogens with zero attached hydrogens (tertiary/aromatic N) is 3. The molecule has 0 bridgehead atoms. The molecule has 4 nitrogen and oxygen atoms in total. The molecule has 114 valence electrons. The van der Waals surface area contributed by atoms with Crippen molar-refractivity contribution in [3.63, 3.8) is 0 Å². The van der Waals surface area contributed by atoms with Crippen LogP contribution in [0.3, 0.4) is 0 Å². The summed E-state index contributed by atoms with van der Waals surface area (Å²) in [5, 5.41) is 11.6. The van der Waals surface area contributed by atoms with E-state index in [0.717, 1.165) is 16.3 Å². The molecule has 0 aliphatic heterocycles. The molecule has 1 amide bonds. The minimum Gasteiger partial charge on any atom is -0.342 e. The molecular weight excluding hydrogens is 294 g/mol. The monoisotopic (exact) mass is 313 g/mol. The Morgan fingerprint density at radius 3 is 2.73 bits per heavy atom. The minimum absolute atomic E-state index is 0.0106. The van der Waals surface area contributed by atoms with Crippen molar-refractivity contribution in [3.05, 3.63) is 40.9 Å². The Bertz CT molecular complexity index is 685. The number of amides is 1. The van der Waals surface area contributed by atoms with Crippen molar-refractivity contribution in [1.82, 2.24) is 9.88 Å². The Labute approximate surface area is 135 Å². The summed E-state index contributed by atoms with van der Waals surface area (Å²) < 4.78 is 0. The Balaban J connectivity index is 2.04. The van der Waals surface area contributed by atoms with Crippen LogP contribution in [0.25, 0.3) is 10.6 Å². The van der Waals surface area contributed by atoms with E-state index in [2.05, 4.69) is 23.2 Å². The third-order valence-corrected chi connectivity index (χ3v) is 4.56. The molecule has 0 aliphatic rings. The van der Waals surface area contributed by atoms with Crippen LogP contribution >= 0.6 is 11.3 Å². The lowest BCUT2D eigenvalue weighted by Crippen LogP contribution is -2.35. The van der Waals surface area contributed by atoms with Crippen LogP contribution in [-0.4, -0.2) is 28.9 Å². The van der Waals surface area contributed by atoms with Crippen molar-refractivity contribution >= 4 is 17.2 Å². The number of rotatable bonds is 5. The Morgan fingerprint density at radius 1 is 1.41 bits per heavy atom. The van der Waals surface area contributed by atoms with E-state index >= 15 is 0 Å². The van der Waals surface area contributed by atoms with Crippen molar-refractivity contribution in [1.29, 1.82) is 5.26 Å². The number of benzene rings is 1. The minimum atomic E-state index is -0.0762. The fourth-order valence-corrected chi connectivity index (χ4v) is 2.84. The van der Waals surface area contributed by atoms with Crippen molar-refractivity contribution in [3.8, 4) is 16.6 Å². The van der Waals surface area contributed by atoms with Crippen molar-refractivity contribution in [2.75, 3.05) is 7.05 Å². The summed E-state index contributed by atoms with van der Waals surface area (Å²) >= 11 is 1.55. The van der Waals surface area contributed by atoms with Gasteiger partial charge in [-0.25, -0.2) is 4.98 Å². The molecule has 0 radical (unpaired) electrons. The molecule has 1 aromatic heterocycles. The fraction of sp³-hybridized carbons (Fsp3) is 0.353. The normalized spacial score (nSPS) is 11.7. The molecule has 1 aromatic carbocycles. The first-order chi connectivity index (χ1) is 10.5. The third kappa shape index (κ3) is 3.92. The van der Waals surface area contributed by atoms with Crippen LogP contribution in [0, 0.1) is 18.3 Å². The maximum atomic E-state index is 12.2. The zero-order valence-electron chi connectivity index (χ0n) is 13.0. The van der Waals surface area contributed by atoms with Gasteiger partial charge in [0.15, 0.2) is 0 Å². The van der Waals surface area contributed by atoms with E-state index in [1.54, 1.807) is 23.3 Å². The average Bonchev–Trinajstić information content (AvgIpc) is 2.95. The molecular formula is C17H19N3OS. The van der Waals surface area contributed by atoms with E-state index in [4.69, 9.17) is 5.26 Å². The number of carbonyl (C=O) groups is 1. The first-order valence-electron chi connectivity index (χ1n) is 7.15. The molecule has 22 heavy (non-hydrogen) atoms. The van der Waals surface area contributed by atoms with Crippen LogP contribution in [0.1, 0.15) is 24.6 Å². The van der Waals surface area contributed by atoms with Gasteiger partial charge in [-0.3, -0.25) is 4.79 Å². The van der Waals surface area contributed by atoms with Crippen LogP contribution in [0.2, 0.25) is 0 Å². The number of aromatic nitrogens is 1. The van der Waals surface area contributed by atoms with Crippen LogP contribution < -0.4 is 0 Å². The topological polar surface area (TPSA) is 57.0 Å². The van der Waals surface area contributed by atoms with E-state index in [0.29, 0.717) is 6.42 Å². The SMILES string of the molecule is Cc1ccc(-c2nc(CC(=O)N(C)C(C)CC#N)cs2)cc1. The van der Waals surface area contributed by atoms with E-state index in [1.807, 2.05) is 31.4 Å². The van der Waals surface area contributed by atoms with Gasteiger partial charge in [-0.15, -0.1) is 11.3 Å². The van der Waals surface area contributed by atoms with E-state index in [9.17, 15) is 4.79 Å². The van der Waals surface area contributed by atoms with Gasteiger partial charge < -0.3 is 4.90 Å². The van der Waals surface area contributed by atoms with E-state index < -0.39 is 0 Å². The zero-order valence-corrected chi connectivity index (χ0v) is 13.9. The Morgan fingerprint density at radius 2 is 2.09 bits per heavy atom. The molecule has 0 spiro atoms. The molecule has 2 aromatic rings. The number of thiazole rings is 1. The molecule has 0 N–H and O–H groups in total. The number of nitriles is 1. The van der Waals surface area contributed by atoms with Crippen LogP contribution in [-0.2, 0) is 11.2 Å². The largest absolute Gasteiger partial charge is 0.342 e. The van der Waals surface area contributed by atoms with Crippen molar-refractivity contribution in [2.45, 2.75) is 32.7 Å². The van der Waals surface area contributed by atoms with Crippen LogP contribution in [0.15, 0.2) is 29.6 Å². The number of hydrogen-bond acceptors (Lipinski definition) is 4. The van der Waals surface area contributed by atoms with Gasteiger partial charge >= 0.3 is 0 Å². The number of carbonyl (C=O) groups excluding carboxylic acids is 1. The summed E-state index contributed by atoms with van der Waals surface area (Å²) in [7, 11) is 1.73. The maximum absolute atomic E-state index is 12.2. The lowest BCUT2D eigenvalue weighted by atomic mass is 10.1. The van der Waals surface area contributed by atoms with E-state index in [-0.39, 0.29) is 18.4 Å².